The van der Waals surface area contributed by atoms with E-state index in [1.165, 1.54) is 11.1 Å². The standard InChI is InChI=1S/C23H35NO3/c1-19-13-15-20(16-14-19)17-18-22(26)10-7-5-4-6-9-21(25)11-8-12-23(27)24(2)3/h6-7,9-10,13-16,21-22,25-26H,4-5,8,11-12,17-18H2,1-3H3. The maximum absolute atomic E-state index is 11.5. The summed E-state index contributed by atoms with van der Waals surface area (Å²) in [5.74, 6) is 0.0947. The first-order valence-corrected chi connectivity index (χ1v) is 9.83. The fourth-order valence-electron chi connectivity index (χ4n) is 2.65. The molecule has 0 aromatic heterocycles. The highest BCUT2D eigenvalue weighted by atomic mass is 16.3. The molecule has 4 heteroatoms. The Kier molecular flexibility index (Phi) is 11.4. The van der Waals surface area contributed by atoms with Crippen molar-refractivity contribution < 1.29 is 15.0 Å². The van der Waals surface area contributed by atoms with E-state index in [1.54, 1.807) is 25.1 Å². The topological polar surface area (TPSA) is 60.8 Å². The van der Waals surface area contributed by atoms with Crippen LogP contribution in [-0.4, -0.2) is 47.3 Å². The molecule has 0 fully saturated rings. The fraction of sp³-hybridized carbons (Fsp3) is 0.522. The quantitative estimate of drug-likeness (QED) is 0.433. The van der Waals surface area contributed by atoms with Gasteiger partial charge in [0.2, 0.25) is 5.91 Å². The molecule has 1 aromatic rings. The van der Waals surface area contributed by atoms with E-state index in [1.807, 2.05) is 18.2 Å². The molecule has 2 N–H and O–H groups in total. The van der Waals surface area contributed by atoms with Crippen molar-refractivity contribution in [2.75, 3.05) is 14.1 Å². The smallest absolute Gasteiger partial charge is 0.222 e. The number of allylic oxidation sites excluding steroid dienone is 2. The third-order valence-electron chi connectivity index (χ3n) is 4.46. The van der Waals surface area contributed by atoms with Crippen LogP contribution in [0.15, 0.2) is 48.6 Å². The van der Waals surface area contributed by atoms with E-state index in [2.05, 4.69) is 31.2 Å². The van der Waals surface area contributed by atoms with Gasteiger partial charge < -0.3 is 15.1 Å². The Morgan fingerprint density at radius 2 is 1.56 bits per heavy atom. The number of aliphatic hydroxyl groups is 2. The molecule has 0 bridgehead atoms. The van der Waals surface area contributed by atoms with Crippen LogP contribution in [0, 0.1) is 6.92 Å². The van der Waals surface area contributed by atoms with Gasteiger partial charge >= 0.3 is 0 Å². The number of unbranched alkanes of at least 4 members (excludes halogenated alkanes) is 1. The number of hydrogen-bond donors (Lipinski definition) is 2. The minimum Gasteiger partial charge on any atom is -0.389 e. The molecule has 0 radical (unpaired) electrons. The number of hydrogen-bond acceptors (Lipinski definition) is 3. The van der Waals surface area contributed by atoms with E-state index in [0.29, 0.717) is 19.3 Å². The van der Waals surface area contributed by atoms with Crippen molar-refractivity contribution in [2.45, 2.75) is 64.1 Å². The lowest BCUT2D eigenvalue weighted by Crippen LogP contribution is -2.21. The molecular weight excluding hydrogens is 338 g/mol. The molecule has 4 nitrogen and oxygen atoms in total. The number of benzene rings is 1. The summed E-state index contributed by atoms with van der Waals surface area (Å²) in [6.45, 7) is 2.07. The van der Waals surface area contributed by atoms with Gasteiger partial charge in [0.15, 0.2) is 0 Å². The Hall–Kier alpha value is -1.91. The van der Waals surface area contributed by atoms with Gasteiger partial charge in [0.25, 0.3) is 0 Å². The van der Waals surface area contributed by atoms with E-state index in [4.69, 9.17) is 0 Å². The number of nitrogens with zero attached hydrogens (tertiary/aromatic N) is 1. The monoisotopic (exact) mass is 373 g/mol. The van der Waals surface area contributed by atoms with Gasteiger partial charge in [-0.3, -0.25) is 4.79 Å². The summed E-state index contributed by atoms with van der Waals surface area (Å²) in [4.78, 5) is 13.0. The number of carbonyl (C=O) groups is 1. The summed E-state index contributed by atoms with van der Waals surface area (Å²) in [5, 5.41) is 19.9. The predicted octanol–water partition coefficient (Wildman–Crippen LogP) is 3.80. The first kappa shape index (κ1) is 23.1. The molecule has 0 aliphatic rings. The molecule has 0 heterocycles. The molecule has 27 heavy (non-hydrogen) atoms. The molecule has 1 rings (SSSR count). The number of carbonyl (C=O) groups excluding carboxylic acids is 1. The van der Waals surface area contributed by atoms with Crippen LogP contribution >= 0.6 is 0 Å². The molecule has 0 aliphatic heterocycles. The lowest BCUT2D eigenvalue weighted by Gasteiger charge is -2.10. The third-order valence-corrected chi connectivity index (χ3v) is 4.46. The van der Waals surface area contributed by atoms with Gasteiger partial charge in [0, 0.05) is 20.5 Å². The Morgan fingerprint density at radius 1 is 1.00 bits per heavy atom. The van der Waals surface area contributed by atoms with Gasteiger partial charge in [0.05, 0.1) is 12.2 Å². The van der Waals surface area contributed by atoms with Gasteiger partial charge in [-0.05, 0) is 51.0 Å². The summed E-state index contributed by atoms with van der Waals surface area (Å²) in [7, 11) is 3.48. The minimum atomic E-state index is -0.496. The third kappa shape index (κ3) is 11.4. The maximum Gasteiger partial charge on any atom is 0.222 e. The van der Waals surface area contributed by atoms with Crippen LogP contribution < -0.4 is 0 Å². The first-order valence-electron chi connectivity index (χ1n) is 9.83. The van der Waals surface area contributed by atoms with Crippen LogP contribution in [0.25, 0.3) is 0 Å². The zero-order chi connectivity index (χ0) is 20.1. The average Bonchev–Trinajstić information content (AvgIpc) is 2.63. The van der Waals surface area contributed by atoms with Crippen LogP contribution in [0.2, 0.25) is 0 Å². The summed E-state index contributed by atoms with van der Waals surface area (Å²) >= 11 is 0. The Morgan fingerprint density at radius 3 is 2.11 bits per heavy atom. The highest BCUT2D eigenvalue weighted by molar-refractivity contribution is 5.75. The summed E-state index contributed by atoms with van der Waals surface area (Å²) in [6.07, 6.45) is 11.7. The molecule has 0 spiro atoms. The lowest BCUT2D eigenvalue weighted by molar-refractivity contribution is -0.128. The Labute approximate surface area is 164 Å². The van der Waals surface area contributed by atoms with Crippen LogP contribution in [0.3, 0.4) is 0 Å². The van der Waals surface area contributed by atoms with Gasteiger partial charge in [-0.1, -0.05) is 54.1 Å². The summed E-state index contributed by atoms with van der Waals surface area (Å²) in [5.41, 5.74) is 2.50. The van der Waals surface area contributed by atoms with Gasteiger partial charge in [-0.15, -0.1) is 0 Å². The molecule has 2 atom stereocenters. The summed E-state index contributed by atoms with van der Waals surface area (Å²) < 4.78 is 0. The highest BCUT2D eigenvalue weighted by Crippen LogP contribution is 2.09. The minimum absolute atomic E-state index is 0.0947. The number of aliphatic hydroxyl groups excluding tert-OH is 2. The lowest BCUT2D eigenvalue weighted by atomic mass is 10.0. The van der Waals surface area contributed by atoms with Gasteiger partial charge in [-0.2, -0.15) is 0 Å². The van der Waals surface area contributed by atoms with Gasteiger partial charge in [0.1, 0.15) is 0 Å². The molecule has 1 amide bonds. The Bertz CT molecular complexity index is 590. The van der Waals surface area contributed by atoms with Gasteiger partial charge in [-0.25, -0.2) is 0 Å². The maximum atomic E-state index is 11.5. The summed E-state index contributed by atoms with van der Waals surface area (Å²) in [6, 6.07) is 8.41. The van der Waals surface area contributed by atoms with E-state index in [0.717, 1.165) is 25.7 Å². The average molecular weight is 374 g/mol. The van der Waals surface area contributed by atoms with Crippen molar-refractivity contribution in [3.05, 3.63) is 59.7 Å². The molecule has 2 unspecified atom stereocenters. The van der Waals surface area contributed by atoms with Crippen LogP contribution in [0.4, 0.5) is 0 Å². The van der Waals surface area contributed by atoms with E-state index < -0.39 is 12.2 Å². The number of aryl methyl sites for hydroxylation is 2. The largest absolute Gasteiger partial charge is 0.389 e. The normalized spacial score (nSPS) is 14.0. The second-order valence-electron chi connectivity index (χ2n) is 7.27. The van der Waals surface area contributed by atoms with Crippen molar-refractivity contribution in [3.8, 4) is 0 Å². The zero-order valence-electron chi connectivity index (χ0n) is 17.0. The second kappa shape index (κ2) is 13.3. The highest BCUT2D eigenvalue weighted by Gasteiger charge is 2.05. The van der Waals surface area contributed by atoms with Crippen molar-refractivity contribution >= 4 is 5.91 Å². The van der Waals surface area contributed by atoms with Crippen molar-refractivity contribution in [1.82, 2.24) is 4.90 Å². The molecule has 0 saturated carbocycles. The Balaban J connectivity index is 2.12. The van der Waals surface area contributed by atoms with Crippen LogP contribution in [0.5, 0.6) is 0 Å². The molecule has 150 valence electrons. The van der Waals surface area contributed by atoms with Crippen molar-refractivity contribution in [2.24, 2.45) is 0 Å². The molecule has 1 aromatic carbocycles. The number of amides is 1. The predicted molar refractivity (Wildman–Crippen MR) is 112 cm³/mol. The SMILES string of the molecule is Cc1ccc(CCC(O)C=CCCC=CC(O)CCCC(=O)N(C)C)cc1. The molecule has 0 saturated heterocycles. The van der Waals surface area contributed by atoms with Crippen molar-refractivity contribution in [3.63, 3.8) is 0 Å². The number of rotatable bonds is 12. The molecular formula is C23H35NO3. The zero-order valence-corrected chi connectivity index (χ0v) is 17.0. The van der Waals surface area contributed by atoms with Crippen LogP contribution in [0.1, 0.15) is 49.7 Å². The second-order valence-corrected chi connectivity index (χ2v) is 7.27. The fourth-order valence-corrected chi connectivity index (χ4v) is 2.65. The molecule has 0 aliphatic carbocycles. The van der Waals surface area contributed by atoms with E-state index in [9.17, 15) is 15.0 Å². The first-order chi connectivity index (χ1) is 12.9. The van der Waals surface area contributed by atoms with E-state index >= 15 is 0 Å². The van der Waals surface area contributed by atoms with E-state index in [-0.39, 0.29) is 5.91 Å². The van der Waals surface area contributed by atoms with Crippen LogP contribution in [-0.2, 0) is 11.2 Å². The van der Waals surface area contributed by atoms with Crippen molar-refractivity contribution in [1.29, 1.82) is 0 Å².